The molecule has 1 amide bonds. The largest absolute Gasteiger partial charge is 0.397 e. The second-order valence-corrected chi connectivity index (χ2v) is 5.84. The summed E-state index contributed by atoms with van der Waals surface area (Å²) in [4.78, 5) is 14.4. The molecular weight excluding hydrogens is 250 g/mol. The predicted octanol–water partition coefficient (Wildman–Crippen LogP) is 2.72. The van der Waals surface area contributed by atoms with Crippen molar-refractivity contribution in [2.75, 3.05) is 24.6 Å². The molecule has 0 radical (unpaired) electrons. The van der Waals surface area contributed by atoms with Gasteiger partial charge in [0.15, 0.2) is 0 Å². The Morgan fingerprint density at radius 3 is 2.70 bits per heavy atom. The van der Waals surface area contributed by atoms with Crippen molar-refractivity contribution >= 4 is 17.3 Å². The number of anilines is 2. The van der Waals surface area contributed by atoms with E-state index in [0.717, 1.165) is 12.5 Å². The maximum atomic E-state index is 12.3. The zero-order chi connectivity index (χ0) is 14.5. The van der Waals surface area contributed by atoms with Gasteiger partial charge < -0.3 is 11.1 Å². The third-order valence-electron chi connectivity index (χ3n) is 4.28. The summed E-state index contributed by atoms with van der Waals surface area (Å²) in [5, 5.41) is 2.91. The molecule has 1 saturated carbocycles. The third-order valence-corrected chi connectivity index (χ3v) is 4.28. The molecule has 20 heavy (non-hydrogen) atoms. The Bertz CT molecular complexity index is 455. The normalized spacial score (nSPS) is 17.4. The number of nitrogens with one attached hydrogen (secondary N) is 1. The quantitative estimate of drug-likeness (QED) is 0.812. The fourth-order valence-corrected chi connectivity index (χ4v) is 2.81. The molecule has 1 aliphatic carbocycles. The van der Waals surface area contributed by atoms with Gasteiger partial charge in [-0.2, -0.15) is 0 Å². The first-order valence-corrected chi connectivity index (χ1v) is 7.43. The maximum absolute atomic E-state index is 12.3. The van der Waals surface area contributed by atoms with Gasteiger partial charge >= 0.3 is 0 Å². The summed E-state index contributed by atoms with van der Waals surface area (Å²) >= 11 is 0. The molecule has 4 nitrogen and oxygen atoms in total. The van der Waals surface area contributed by atoms with Crippen molar-refractivity contribution in [3.05, 3.63) is 24.3 Å². The first kappa shape index (κ1) is 14.9. The third kappa shape index (κ3) is 3.73. The van der Waals surface area contributed by atoms with Crippen LogP contribution in [-0.2, 0) is 4.79 Å². The van der Waals surface area contributed by atoms with Crippen molar-refractivity contribution in [1.82, 2.24) is 4.90 Å². The van der Waals surface area contributed by atoms with E-state index in [2.05, 4.69) is 10.2 Å². The molecule has 3 N–H and O–H groups in total. The summed E-state index contributed by atoms with van der Waals surface area (Å²) in [6.07, 6.45) is 5.26. The van der Waals surface area contributed by atoms with Crippen molar-refractivity contribution in [3.8, 4) is 0 Å². The van der Waals surface area contributed by atoms with Crippen molar-refractivity contribution < 1.29 is 4.79 Å². The zero-order valence-corrected chi connectivity index (χ0v) is 12.4. The number of nitrogen functional groups attached to an aromatic ring is 1. The molecule has 0 spiro atoms. The van der Waals surface area contributed by atoms with Gasteiger partial charge in [0.05, 0.1) is 17.4 Å². The van der Waals surface area contributed by atoms with Crippen molar-refractivity contribution in [3.63, 3.8) is 0 Å². The number of rotatable bonds is 5. The van der Waals surface area contributed by atoms with Crippen LogP contribution in [-0.4, -0.2) is 30.4 Å². The molecule has 1 aromatic carbocycles. The van der Waals surface area contributed by atoms with Crippen LogP contribution in [0.2, 0.25) is 0 Å². The summed E-state index contributed by atoms with van der Waals surface area (Å²) in [6, 6.07) is 7.22. The Hall–Kier alpha value is -1.55. The lowest BCUT2D eigenvalue weighted by atomic mass is 10.1. The zero-order valence-electron chi connectivity index (χ0n) is 12.4. The van der Waals surface area contributed by atoms with Crippen LogP contribution in [0.1, 0.15) is 32.6 Å². The number of nitrogens with zero attached hydrogens (tertiary/aromatic N) is 1. The topological polar surface area (TPSA) is 58.4 Å². The Morgan fingerprint density at radius 1 is 1.40 bits per heavy atom. The van der Waals surface area contributed by atoms with Crippen LogP contribution < -0.4 is 11.1 Å². The molecule has 0 aliphatic heterocycles. The Kier molecular flexibility index (Phi) is 5.01. The summed E-state index contributed by atoms with van der Waals surface area (Å²) in [6.45, 7) is 2.95. The van der Waals surface area contributed by atoms with Gasteiger partial charge in [-0.25, -0.2) is 0 Å². The molecule has 1 aromatic rings. The standard InChI is InChI=1S/C16H25N3O/c1-12(19(2)11-13-7-3-4-8-13)16(20)18-15-10-6-5-9-14(15)17/h5-6,9-10,12-13H,3-4,7-8,11,17H2,1-2H3,(H,18,20). The van der Waals surface area contributed by atoms with Gasteiger partial charge in [0.2, 0.25) is 5.91 Å². The van der Waals surface area contributed by atoms with E-state index >= 15 is 0 Å². The van der Waals surface area contributed by atoms with Crippen LogP contribution in [0.15, 0.2) is 24.3 Å². The van der Waals surface area contributed by atoms with E-state index in [4.69, 9.17) is 5.73 Å². The number of benzene rings is 1. The monoisotopic (exact) mass is 275 g/mol. The number of hydrogen-bond acceptors (Lipinski definition) is 3. The molecule has 1 aliphatic rings. The lowest BCUT2D eigenvalue weighted by Gasteiger charge is -2.26. The Balaban J connectivity index is 1.89. The van der Waals surface area contributed by atoms with E-state index in [0.29, 0.717) is 11.4 Å². The van der Waals surface area contributed by atoms with Crippen molar-refractivity contribution in [2.45, 2.75) is 38.6 Å². The number of amides is 1. The Morgan fingerprint density at radius 2 is 2.05 bits per heavy atom. The molecule has 1 fully saturated rings. The predicted molar refractivity (Wildman–Crippen MR) is 83.5 cm³/mol. The fourth-order valence-electron chi connectivity index (χ4n) is 2.81. The smallest absolute Gasteiger partial charge is 0.241 e. The molecule has 0 saturated heterocycles. The number of para-hydroxylation sites is 2. The van der Waals surface area contributed by atoms with Gasteiger partial charge in [0.25, 0.3) is 0 Å². The molecule has 1 atom stereocenters. The van der Waals surface area contributed by atoms with E-state index in [1.54, 1.807) is 6.07 Å². The van der Waals surface area contributed by atoms with Crippen LogP contribution in [0.5, 0.6) is 0 Å². The number of carbonyl (C=O) groups excluding carboxylic acids is 1. The number of carbonyl (C=O) groups is 1. The fraction of sp³-hybridized carbons (Fsp3) is 0.562. The van der Waals surface area contributed by atoms with Crippen LogP contribution >= 0.6 is 0 Å². The minimum absolute atomic E-state index is 0.00315. The molecule has 4 heteroatoms. The average Bonchev–Trinajstić information content (AvgIpc) is 2.93. The second kappa shape index (κ2) is 6.75. The van der Waals surface area contributed by atoms with E-state index in [1.807, 2.05) is 32.2 Å². The van der Waals surface area contributed by atoms with Crippen molar-refractivity contribution in [2.24, 2.45) is 5.92 Å². The van der Waals surface area contributed by atoms with E-state index < -0.39 is 0 Å². The second-order valence-electron chi connectivity index (χ2n) is 5.84. The van der Waals surface area contributed by atoms with E-state index in [-0.39, 0.29) is 11.9 Å². The number of likely N-dealkylation sites (N-methyl/N-ethyl adjacent to an activating group) is 1. The summed E-state index contributed by atoms with van der Waals surface area (Å²) in [5.74, 6) is 0.750. The highest BCUT2D eigenvalue weighted by atomic mass is 16.2. The van der Waals surface area contributed by atoms with Gasteiger partial charge in [0.1, 0.15) is 0 Å². The van der Waals surface area contributed by atoms with Crippen LogP contribution in [0, 0.1) is 5.92 Å². The highest BCUT2D eigenvalue weighted by Gasteiger charge is 2.23. The number of hydrogen-bond donors (Lipinski definition) is 2. The highest BCUT2D eigenvalue weighted by molar-refractivity contribution is 5.96. The molecule has 2 rings (SSSR count). The highest BCUT2D eigenvalue weighted by Crippen LogP contribution is 2.25. The first-order valence-electron chi connectivity index (χ1n) is 7.43. The number of nitrogens with two attached hydrogens (primary N) is 1. The molecule has 0 bridgehead atoms. The molecule has 1 unspecified atom stereocenters. The Labute approximate surface area is 121 Å². The lowest BCUT2D eigenvalue weighted by Crippen LogP contribution is -2.41. The lowest BCUT2D eigenvalue weighted by molar-refractivity contribution is -0.120. The van der Waals surface area contributed by atoms with Crippen LogP contribution in [0.4, 0.5) is 11.4 Å². The SMILES string of the molecule is CC(C(=O)Nc1ccccc1N)N(C)CC1CCCC1. The molecule has 0 heterocycles. The van der Waals surface area contributed by atoms with E-state index in [9.17, 15) is 4.79 Å². The van der Waals surface area contributed by atoms with E-state index in [1.165, 1.54) is 25.7 Å². The van der Waals surface area contributed by atoms with Crippen molar-refractivity contribution in [1.29, 1.82) is 0 Å². The summed E-state index contributed by atoms with van der Waals surface area (Å²) in [5.41, 5.74) is 7.15. The van der Waals surface area contributed by atoms with Gasteiger partial charge in [-0.05, 0) is 44.9 Å². The maximum Gasteiger partial charge on any atom is 0.241 e. The average molecular weight is 275 g/mol. The van der Waals surface area contributed by atoms with Gasteiger partial charge in [-0.15, -0.1) is 0 Å². The minimum atomic E-state index is -0.143. The van der Waals surface area contributed by atoms with Crippen LogP contribution in [0.3, 0.4) is 0 Å². The summed E-state index contributed by atoms with van der Waals surface area (Å²) < 4.78 is 0. The van der Waals surface area contributed by atoms with Gasteiger partial charge in [-0.1, -0.05) is 25.0 Å². The molecular formula is C16H25N3O. The minimum Gasteiger partial charge on any atom is -0.397 e. The first-order chi connectivity index (χ1) is 9.58. The molecule has 0 aromatic heterocycles. The summed E-state index contributed by atoms with van der Waals surface area (Å²) in [7, 11) is 2.02. The van der Waals surface area contributed by atoms with Crippen LogP contribution in [0.25, 0.3) is 0 Å². The van der Waals surface area contributed by atoms with Gasteiger partial charge in [0, 0.05) is 6.54 Å². The molecule has 110 valence electrons. The van der Waals surface area contributed by atoms with Gasteiger partial charge in [-0.3, -0.25) is 9.69 Å².